The van der Waals surface area contributed by atoms with Crippen molar-refractivity contribution < 1.29 is 9.84 Å². The first kappa shape index (κ1) is 20.4. The molecule has 0 aliphatic carbocycles. The van der Waals surface area contributed by atoms with E-state index in [0.29, 0.717) is 55.3 Å². The number of aliphatic hydroxyl groups excluding tert-OH is 1. The van der Waals surface area contributed by atoms with Gasteiger partial charge in [0.2, 0.25) is 0 Å². The van der Waals surface area contributed by atoms with Crippen molar-refractivity contribution in [2.75, 3.05) is 30.4 Å². The highest BCUT2D eigenvalue weighted by Gasteiger charge is 2.21. The van der Waals surface area contributed by atoms with Crippen LogP contribution in [0.15, 0.2) is 36.4 Å². The van der Waals surface area contributed by atoms with Crippen molar-refractivity contribution in [1.29, 1.82) is 5.26 Å². The lowest BCUT2D eigenvalue weighted by molar-refractivity contribution is 0.145. The van der Waals surface area contributed by atoms with Crippen molar-refractivity contribution in [2.24, 2.45) is 0 Å². The molecule has 0 saturated carbocycles. The van der Waals surface area contributed by atoms with Gasteiger partial charge < -0.3 is 20.1 Å². The molecule has 1 aliphatic rings. The summed E-state index contributed by atoms with van der Waals surface area (Å²) in [5, 5.41) is 33.0. The molecule has 2 N–H and O–H groups in total. The van der Waals surface area contributed by atoms with Crippen LogP contribution >= 0.6 is 0 Å². The summed E-state index contributed by atoms with van der Waals surface area (Å²) < 4.78 is 5.20. The number of aromatic nitrogens is 2. The molecule has 0 amide bonds. The SMILES string of the molecule is [C-]#[N+]c1ccc2c(N3CCC(O)CC3)nnc(NCc3ccc(OC)c(C#N)c3)c2c1. The predicted molar refractivity (Wildman–Crippen MR) is 118 cm³/mol. The van der Waals surface area contributed by atoms with E-state index in [4.69, 9.17) is 11.3 Å². The van der Waals surface area contributed by atoms with Crippen LogP contribution in [0.5, 0.6) is 5.75 Å². The van der Waals surface area contributed by atoms with Crippen LogP contribution in [-0.2, 0) is 6.54 Å². The van der Waals surface area contributed by atoms with Gasteiger partial charge in [0.05, 0.1) is 25.3 Å². The molecule has 1 saturated heterocycles. The quantitative estimate of drug-likeness (QED) is 0.615. The number of methoxy groups -OCH3 is 1. The van der Waals surface area contributed by atoms with E-state index in [1.165, 1.54) is 7.11 Å². The second-order valence-corrected chi connectivity index (χ2v) is 7.43. The van der Waals surface area contributed by atoms with E-state index in [1.54, 1.807) is 18.2 Å². The molecule has 156 valence electrons. The zero-order valence-electron chi connectivity index (χ0n) is 17.2. The van der Waals surface area contributed by atoms with Gasteiger partial charge in [-0.1, -0.05) is 18.2 Å². The van der Waals surface area contributed by atoms with Crippen LogP contribution < -0.4 is 15.0 Å². The van der Waals surface area contributed by atoms with Gasteiger partial charge in [0.15, 0.2) is 17.3 Å². The van der Waals surface area contributed by atoms with Gasteiger partial charge in [0, 0.05) is 30.4 Å². The largest absolute Gasteiger partial charge is 0.495 e. The topological polar surface area (TPSA) is 98.7 Å². The Hall–Kier alpha value is -3.88. The number of hydrogen-bond acceptors (Lipinski definition) is 7. The summed E-state index contributed by atoms with van der Waals surface area (Å²) in [6.45, 7) is 9.24. The van der Waals surface area contributed by atoms with Crippen LogP contribution in [0.1, 0.15) is 24.0 Å². The lowest BCUT2D eigenvalue weighted by atomic mass is 10.1. The molecule has 31 heavy (non-hydrogen) atoms. The molecule has 2 aromatic carbocycles. The first-order valence-electron chi connectivity index (χ1n) is 10.0. The maximum absolute atomic E-state index is 9.81. The zero-order chi connectivity index (χ0) is 21.8. The van der Waals surface area contributed by atoms with Gasteiger partial charge in [-0.2, -0.15) is 5.26 Å². The molecule has 0 radical (unpaired) electrons. The second kappa shape index (κ2) is 8.86. The van der Waals surface area contributed by atoms with Gasteiger partial charge in [-0.15, -0.1) is 10.2 Å². The number of benzene rings is 2. The average Bonchev–Trinajstić information content (AvgIpc) is 2.82. The fourth-order valence-electron chi connectivity index (χ4n) is 3.78. The minimum atomic E-state index is -0.270. The highest BCUT2D eigenvalue weighted by atomic mass is 16.5. The van der Waals surface area contributed by atoms with Gasteiger partial charge in [0.25, 0.3) is 0 Å². The van der Waals surface area contributed by atoms with Gasteiger partial charge in [-0.25, -0.2) is 4.85 Å². The summed E-state index contributed by atoms with van der Waals surface area (Å²) in [6.07, 6.45) is 1.12. The maximum atomic E-state index is 9.81. The standard InChI is InChI=1S/C23H22N6O2/c1-25-17-4-5-19-20(12-17)22(27-28-23(19)29-9-7-18(30)8-10-29)26-14-15-3-6-21(31-2)16(11-15)13-24/h3-6,11-12,18,30H,7-10,14H2,2H3,(H,26,27). The highest BCUT2D eigenvalue weighted by molar-refractivity contribution is 6.00. The number of piperidine rings is 1. The number of nitriles is 1. The van der Waals surface area contributed by atoms with Crippen molar-refractivity contribution in [1.82, 2.24) is 10.2 Å². The molecule has 1 aromatic heterocycles. The molecule has 3 aromatic rings. The molecule has 0 spiro atoms. The van der Waals surface area contributed by atoms with Crippen molar-refractivity contribution in [3.05, 3.63) is 58.9 Å². The Kier molecular flexibility index (Phi) is 5.83. The molecule has 0 bridgehead atoms. The van der Waals surface area contributed by atoms with E-state index in [2.05, 4.69) is 31.3 Å². The van der Waals surface area contributed by atoms with Crippen LogP contribution in [0.3, 0.4) is 0 Å². The number of anilines is 2. The molecule has 2 heterocycles. The monoisotopic (exact) mass is 414 g/mol. The van der Waals surface area contributed by atoms with Crippen LogP contribution in [0, 0.1) is 17.9 Å². The van der Waals surface area contributed by atoms with Gasteiger partial charge in [-0.05, 0) is 36.6 Å². The Labute approximate surface area is 180 Å². The summed E-state index contributed by atoms with van der Waals surface area (Å²) in [5.74, 6) is 1.88. The van der Waals surface area contributed by atoms with Gasteiger partial charge in [-0.3, -0.25) is 0 Å². The Balaban J connectivity index is 1.66. The summed E-state index contributed by atoms with van der Waals surface area (Å²) >= 11 is 0. The van der Waals surface area contributed by atoms with E-state index >= 15 is 0 Å². The molecule has 8 heteroatoms. The van der Waals surface area contributed by atoms with Crippen LogP contribution in [0.4, 0.5) is 17.3 Å². The zero-order valence-corrected chi connectivity index (χ0v) is 17.2. The molecule has 1 aliphatic heterocycles. The number of aliphatic hydroxyl groups is 1. The number of ether oxygens (including phenoxy) is 1. The normalized spacial score (nSPS) is 14.1. The molecule has 0 unspecified atom stereocenters. The van der Waals surface area contributed by atoms with Crippen molar-refractivity contribution in [2.45, 2.75) is 25.5 Å². The van der Waals surface area contributed by atoms with E-state index in [-0.39, 0.29) is 6.10 Å². The molecule has 8 nitrogen and oxygen atoms in total. The number of nitrogens with one attached hydrogen (secondary N) is 1. The number of hydrogen-bond donors (Lipinski definition) is 2. The Morgan fingerprint density at radius 2 is 2.03 bits per heavy atom. The van der Waals surface area contributed by atoms with Gasteiger partial charge in [0.1, 0.15) is 11.8 Å². The number of nitrogens with zero attached hydrogens (tertiary/aromatic N) is 5. The van der Waals surface area contributed by atoms with Crippen molar-refractivity contribution >= 4 is 28.1 Å². The first-order valence-corrected chi connectivity index (χ1v) is 10.0. The summed E-state index contributed by atoms with van der Waals surface area (Å²) in [6, 6.07) is 13.1. The lowest BCUT2D eigenvalue weighted by Crippen LogP contribution is -2.36. The van der Waals surface area contributed by atoms with Crippen LogP contribution in [-0.4, -0.2) is 41.6 Å². The van der Waals surface area contributed by atoms with Crippen LogP contribution in [0.25, 0.3) is 15.6 Å². The second-order valence-electron chi connectivity index (χ2n) is 7.43. The van der Waals surface area contributed by atoms with E-state index in [9.17, 15) is 10.4 Å². The predicted octanol–water partition coefficient (Wildman–Crippen LogP) is 3.63. The molecule has 0 atom stereocenters. The number of fused-ring (bicyclic) bond motifs is 1. The molecule has 4 rings (SSSR count). The fraction of sp³-hybridized carbons (Fsp3) is 0.304. The molecular weight excluding hydrogens is 392 g/mol. The average molecular weight is 414 g/mol. The Morgan fingerprint density at radius 1 is 1.23 bits per heavy atom. The first-order chi connectivity index (χ1) is 15.1. The minimum Gasteiger partial charge on any atom is -0.495 e. The number of rotatable bonds is 5. The van der Waals surface area contributed by atoms with E-state index in [1.807, 2.05) is 18.2 Å². The smallest absolute Gasteiger partial charge is 0.188 e. The van der Waals surface area contributed by atoms with E-state index in [0.717, 1.165) is 22.2 Å². The third-order valence-electron chi connectivity index (χ3n) is 5.48. The van der Waals surface area contributed by atoms with Crippen molar-refractivity contribution in [3.8, 4) is 11.8 Å². The third kappa shape index (κ3) is 4.20. The Bertz CT molecular complexity index is 1190. The fourth-order valence-corrected chi connectivity index (χ4v) is 3.78. The summed E-state index contributed by atoms with van der Waals surface area (Å²) in [4.78, 5) is 5.68. The third-order valence-corrected chi connectivity index (χ3v) is 5.48. The highest BCUT2D eigenvalue weighted by Crippen LogP contribution is 2.33. The lowest BCUT2D eigenvalue weighted by Gasteiger charge is -2.31. The minimum absolute atomic E-state index is 0.270. The maximum Gasteiger partial charge on any atom is 0.188 e. The summed E-state index contributed by atoms with van der Waals surface area (Å²) in [5.41, 5.74) is 1.90. The summed E-state index contributed by atoms with van der Waals surface area (Å²) in [7, 11) is 1.54. The van der Waals surface area contributed by atoms with Crippen LogP contribution in [0.2, 0.25) is 0 Å². The van der Waals surface area contributed by atoms with Gasteiger partial charge >= 0.3 is 0 Å². The Morgan fingerprint density at radius 3 is 2.74 bits per heavy atom. The van der Waals surface area contributed by atoms with Crippen molar-refractivity contribution in [3.63, 3.8) is 0 Å². The molecule has 1 fully saturated rings. The molecular formula is C23H22N6O2. The van der Waals surface area contributed by atoms with E-state index < -0.39 is 0 Å².